The molecule has 0 aliphatic carbocycles. The summed E-state index contributed by atoms with van der Waals surface area (Å²) in [6, 6.07) is 9.96. The molecule has 1 heteroatoms. The lowest BCUT2D eigenvalue weighted by Crippen LogP contribution is -2.27. The predicted molar refractivity (Wildman–Crippen MR) is 55.7 cm³/mol. The van der Waals surface area contributed by atoms with Crippen molar-refractivity contribution < 1.29 is 5.11 Å². The third kappa shape index (κ3) is 2.19. The Morgan fingerprint density at radius 2 is 1.92 bits per heavy atom. The molecule has 1 nitrogen and oxygen atoms in total. The number of aliphatic hydroxyl groups is 1. The first-order valence-electron chi connectivity index (χ1n) is 4.49. The summed E-state index contributed by atoms with van der Waals surface area (Å²) in [6.07, 6.45) is 1.59. The molecule has 70 valence electrons. The molecule has 0 aliphatic rings. The average Bonchev–Trinajstić information content (AvgIpc) is 2.18. The van der Waals surface area contributed by atoms with Crippen molar-refractivity contribution >= 4 is 0 Å². The second-order valence-electron chi connectivity index (χ2n) is 3.56. The van der Waals surface area contributed by atoms with Gasteiger partial charge in [0, 0.05) is 5.92 Å². The Kier molecular flexibility index (Phi) is 2.89. The van der Waals surface area contributed by atoms with Crippen molar-refractivity contribution in [3.8, 4) is 0 Å². The number of hydrogen-bond acceptors (Lipinski definition) is 1. The lowest BCUT2D eigenvalue weighted by atomic mass is 9.85. The van der Waals surface area contributed by atoms with Gasteiger partial charge >= 0.3 is 0 Å². The quantitative estimate of drug-likeness (QED) is 0.702. The van der Waals surface area contributed by atoms with E-state index in [4.69, 9.17) is 0 Å². The van der Waals surface area contributed by atoms with Gasteiger partial charge in [-0.2, -0.15) is 0 Å². The van der Waals surface area contributed by atoms with Crippen molar-refractivity contribution in [3.05, 3.63) is 48.6 Å². The van der Waals surface area contributed by atoms with Gasteiger partial charge in [-0.25, -0.2) is 0 Å². The fourth-order valence-electron chi connectivity index (χ4n) is 1.26. The van der Waals surface area contributed by atoms with E-state index in [2.05, 4.69) is 6.58 Å². The van der Waals surface area contributed by atoms with Gasteiger partial charge in [-0.05, 0) is 12.5 Å². The molecule has 1 aromatic rings. The smallest absolute Gasteiger partial charge is 0.0862 e. The highest BCUT2D eigenvalue weighted by molar-refractivity contribution is 5.23. The van der Waals surface area contributed by atoms with Gasteiger partial charge in [0.2, 0.25) is 0 Å². The predicted octanol–water partition coefficient (Wildman–Crippen LogP) is 2.73. The van der Waals surface area contributed by atoms with Crippen molar-refractivity contribution in [2.75, 3.05) is 0 Å². The van der Waals surface area contributed by atoms with Crippen molar-refractivity contribution in [1.29, 1.82) is 0 Å². The van der Waals surface area contributed by atoms with E-state index in [0.717, 1.165) is 5.56 Å². The van der Waals surface area contributed by atoms with Crippen LogP contribution in [0.4, 0.5) is 0 Å². The van der Waals surface area contributed by atoms with Crippen molar-refractivity contribution in [1.82, 2.24) is 0 Å². The van der Waals surface area contributed by atoms with Crippen LogP contribution < -0.4 is 0 Å². The van der Waals surface area contributed by atoms with Crippen LogP contribution >= 0.6 is 0 Å². The van der Waals surface area contributed by atoms with Crippen LogP contribution in [0.1, 0.15) is 25.3 Å². The van der Waals surface area contributed by atoms with Crippen LogP contribution in [0.3, 0.4) is 0 Å². The van der Waals surface area contributed by atoms with Crippen LogP contribution in [0.25, 0.3) is 0 Å². The zero-order valence-corrected chi connectivity index (χ0v) is 8.20. The van der Waals surface area contributed by atoms with E-state index in [1.807, 2.05) is 37.3 Å². The maximum absolute atomic E-state index is 9.93. The van der Waals surface area contributed by atoms with Gasteiger partial charge in [-0.1, -0.05) is 43.3 Å². The van der Waals surface area contributed by atoms with Crippen LogP contribution in [-0.4, -0.2) is 10.7 Å². The Morgan fingerprint density at radius 1 is 1.38 bits per heavy atom. The van der Waals surface area contributed by atoms with Gasteiger partial charge in [-0.3, -0.25) is 0 Å². The summed E-state index contributed by atoms with van der Waals surface area (Å²) in [6.45, 7) is 7.40. The lowest BCUT2D eigenvalue weighted by molar-refractivity contribution is 0.0867. The number of rotatable bonds is 3. The molecule has 0 radical (unpaired) electrons. The van der Waals surface area contributed by atoms with E-state index >= 15 is 0 Å². The molecule has 0 bridgehead atoms. The van der Waals surface area contributed by atoms with E-state index in [-0.39, 0.29) is 5.92 Å². The molecule has 1 N–H and O–H groups in total. The van der Waals surface area contributed by atoms with Crippen molar-refractivity contribution in [2.45, 2.75) is 25.4 Å². The average molecular weight is 176 g/mol. The summed E-state index contributed by atoms with van der Waals surface area (Å²) in [5.74, 6) is 0.0752. The molecule has 13 heavy (non-hydrogen) atoms. The van der Waals surface area contributed by atoms with Crippen molar-refractivity contribution in [3.63, 3.8) is 0 Å². The van der Waals surface area contributed by atoms with Crippen molar-refractivity contribution in [2.24, 2.45) is 0 Å². The van der Waals surface area contributed by atoms with E-state index in [1.54, 1.807) is 13.0 Å². The highest BCUT2D eigenvalue weighted by Gasteiger charge is 2.25. The second kappa shape index (κ2) is 3.75. The first-order chi connectivity index (χ1) is 6.08. The highest BCUT2D eigenvalue weighted by atomic mass is 16.3. The highest BCUT2D eigenvalue weighted by Crippen LogP contribution is 2.28. The third-order valence-corrected chi connectivity index (χ3v) is 2.59. The summed E-state index contributed by atoms with van der Waals surface area (Å²) < 4.78 is 0. The van der Waals surface area contributed by atoms with Crippen LogP contribution in [0.5, 0.6) is 0 Å². The van der Waals surface area contributed by atoms with Crippen LogP contribution in [0.2, 0.25) is 0 Å². The Morgan fingerprint density at radius 3 is 2.38 bits per heavy atom. The second-order valence-corrected chi connectivity index (χ2v) is 3.56. The van der Waals surface area contributed by atoms with E-state index in [1.165, 1.54) is 0 Å². The molecule has 0 spiro atoms. The Balaban J connectivity index is 2.91. The Labute approximate surface area is 79.7 Å². The van der Waals surface area contributed by atoms with E-state index in [9.17, 15) is 5.11 Å². The monoisotopic (exact) mass is 176 g/mol. The zero-order chi connectivity index (χ0) is 9.90. The van der Waals surface area contributed by atoms with Gasteiger partial charge in [0.1, 0.15) is 0 Å². The minimum Gasteiger partial charge on any atom is -0.385 e. The number of benzene rings is 1. The minimum absolute atomic E-state index is 0.0752. The van der Waals surface area contributed by atoms with E-state index < -0.39 is 5.60 Å². The first kappa shape index (κ1) is 10.0. The molecule has 1 rings (SSSR count). The Bertz CT molecular complexity index is 274. The topological polar surface area (TPSA) is 20.2 Å². The molecular weight excluding hydrogens is 160 g/mol. The van der Waals surface area contributed by atoms with Crippen LogP contribution in [0, 0.1) is 0 Å². The third-order valence-electron chi connectivity index (χ3n) is 2.59. The van der Waals surface area contributed by atoms with Crippen LogP contribution in [-0.2, 0) is 0 Å². The fourth-order valence-corrected chi connectivity index (χ4v) is 1.26. The maximum Gasteiger partial charge on any atom is 0.0862 e. The SMILES string of the molecule is C=C[C@](C)(O)[C@H](C)c1ccccc1. The molecule has 0 amide bonds. The summed E-state index contributed by atoms with van der Waals surface area (Å²) in [7, 11) is 0. The van der Waals surface area contributed by atoms with Gasteiger partial charge < -0.3 is 5.11 Å². The standard InChI is InChI=1S/C12H16O/c1-4-12(3,13)10(2)11-8-6-5-7-9-11/h4-10,13H,1H2,2-3H3/t10-,12+/m1/s1. The minimum atomic E-state index is -0.832. The summed E-state index contributed by atoms with van der Waals surface area (Å²) in [4.78, 5) is 0. The summed E-state index contributed by atoms with van der Waals surface area (Å²) >= 11 is 0. The normalized spacial score (nSPS) is 17.5. The summed E-state index contributed by atoms with van der Waals surface area (Å²) in [5, 5.41) is 9.93. The molecule has 0 fully saturated rings. The molecule has 1 aromatic carbocycles. The Hall–Kier alpha value is -1.08. The maximum atomic E-state index is 9.93. The van der Waals surface area contributed by atoms with Gasteiger partial charge in [-0.15, -0.1) is 6.58 Å². The molecular formula is C12H16O. The zero-order valence-electron chi connectivity index (χ0n) is 8.20. The number of hydrogen-bond donors (Lipinski definition) is 1. The summed E-state index contributed by atoms with van der Waals surface area (Å²) in [5.41, 5.74) is 0.300. The van der Waals surface area contributed by atoms with Gasteiger partial charge in [0.05, 0.1) is 5.60 Å². The van der Waals surface area contributed by atoms with Gasteiger partial charge in [0.25, 0.3) is 0 Å². The van der Waals surface area contributed by atoms with E-state index in [0.29, 0.717) is 0 Å². The lowest BCUT2D eigenvalue weighted by Gasteiger charge is -2.27. The molecule has 0 saturated carbocycles. The van der Waals surface area contributed by atoms with Gasteiger partial charge in [0.15, 0.2) is 0 Å². The first-order valence-corrected chi connectivity index (χ1v) is 4.49. The molecule has 0 aromatic heterocycles. The fraction of sp³-hybridized carbons (Fsp3) is 0.333. The molecule has 2 atom stereocenters. The largest absolute Gasteiger partial charge is 0.385 e. The molecule has 0 saturated heterocycles. The molecule has 0 aliphatic heterocycles. The van der Waals surface area contributed by atoms with Crippen LogP contribution in [0.15, 0.2) is 43.0 Å². The molecule has 0 unspecified atom stereocenters. The molecule has 0 heterocycles.